The smallest absolute Gasteiger partial charge is 0.328 e. The van der Waals surface area contributed by atoms with Crippen molar-refractivity contribution in [2.24, 2.45) is 0 Å². The second-order valence-electron chi connectivity index (χ2n) is 4.57. The molecule has 2 aromatic rings. The predicted molar refractivity (Wildman–Crippen MR) is 84.0 cm³/mol. The molecule has 108 valence electrons. The SMILES string of the molecule is N#Cc1ccc(-c2ccc(CC=CC=CC(=O)O)cc2)cn1. The Labute approximate surface area is 128 Å². The van der Waals surface area contributed by atoms with E-state index in [9.17, 15) is 4.79 Å². The molecule has 2 rings (SSSR count). The maximum absolute atomic E-state index is 10.3. The van der Waals surface area contributed by atoms with Crippen molar-refractivity contribution in [3.8, 4) is 17.2 Å². The van der Waals surface area contributed by atoms with Gasteiger partial charge in [0.1, 0.15) is 11.8 Å². The summed E-state index contributed by atoms with van der Waals surface area (Å²) in [6.45, 7) is 0. The fourth-order valence-electron chi connectivity index (χ4n) is 1.88. The zero-order valence-electron chi connectivity index (χ0n) is 11.8. The van der Waals surface area contributed by atoms with Crippen LogP contribution in [0.3, 0.4) is 0 Å². The largest absolute Gasteiger partial charge is 0.478 e. The van der Waals surface area contributed by atoms with E-state index in [0.717, 1.165) is 29.2 Å². The number of carboxylic acids is 1. The molecule has 22 heavy (non-hydrogen) atoms. The lowest BCUT2D eigenvalue weighted by Gasteiger charge is -2.02. The minimum atomic E-state index is -0.954. The average Bonchev–Trinajstić information content (AvgIpc) is 2.55. The molecule has 0 spiro atoms. The van der Waals surface area contributed by atoms with Crippen LogP contribution in [0.15, 0.2) is 66.9 Å². The van der Waals surface area contributed by atoms with E-state index < -0.39 is 5.97 Å². The Balaban J connectivity index is 2.00. The highest BCUT2D eigenvalue weighted by Crippen LogP contribution is 2.19. The molecule has 0 amide bonds. The topological polar surface area (TPSA) is 74.0 Å². The monoisotopic (exact) mass is 290 g/mol. The van der Waals surface area contributed by atoms with E-state index in [1.807, 2.05) is 42.5 Å². The lowest BCUT2D eigenvalue weighted by molar-refractivity contribution is -0.131. The van der Waals surface area contributed by atoms with Gasteiger partial charge in [0.25, 0.3) is 0 Å². The first-order chi connectivity index (χ1) is 10.7. The number of carbonyl (C=O) groups is 1. The molecule has 0 saturated carbocycles. The standard InChI is InChI=1S/C18H14N2O2/c19-12-17-11-10-16(13-20-17)15-8-6-14(7-9-15)4-2-1-3-5-18(21)22/h1-3,5-11,13H,4H2,(H,21,22). The Hall–Kier alpha value is -3.19. The molecule has 1 aromatic heterocycles. The Kier molecular flexibility index (Phi) is 5.22. The lowest BCUT2D eigenvalue weighted by atomic mass is 10.0. The third kappa shape index (κ3) is 4.43. The van der Waals surface area contributed by atoms with E-state index in [4.69, 9.17) is 10.4 Å². The molecule has 0 bridgehead atoms. The molecule has 0 aliphatic carbocycles. The Bertz CT molecular complexity index is 736. The van der Waals surface area contributed by atoms with Crippen LogP contribution in [0.5, 0.6) is 0 Å². The number of allylic oxidation sites excluding steroid dienone is 3. The van der Waals surface area contributed by atoms with Gasteiger partial charge in [-0.1, -0.05) is 42.5 Å². The second-order valence-corrected chi connectivity index (χ2v) is 4.57. The first-order valence-corrected chi connectivity index (χ1v) is 6.70. The van der Waals surface area contributed by atoms with Crippen molar-refractivity contribution in [1.82, 2.24) is 4.98 Å². The number of rotatable bonds is 5. The van der Waals surface area contributed by atoms with E-state index in [0.29, 0.717) is 5.69 Å². The van der Waals surface area contributed by atoms with Gasteiger partial charge in [-0.15, -0.1) is 0 Å². The first-order valence-electron chi connectivity index (χ1n) is 6.70. The van der Waals surface area contributed by atoms with Crippen molar-refractivity contribution in [3.05, 3.63) is 78.2 Å². The van der Waals surface area contributed by atoms with Crippen molar-refractivity contribution >= 4 is 5.97 Å². The molecule has 0 aliphatic rings. The minimum Gasteiger partial charge on any atom is -0.478 e. The number of aromatic nitrogens is 1. The molecular weight excluding hydrogens is 276 g/mol. The lowest BCUT2D eigenvalue weighted by Crippen LogP contribution is -1.86. The fourth-order valence-corrected chi connectivity index (χ4v) is 1.88. The van der Waals surface area contributed by atoms with Crippen LogP contribution in [0.2, 0.25) is 0 Å². The fraction of sp³-hybridized carbons (Fsp3) is 0.0556. The summed E-state index contributed by atoms with van der Waals surface area (Å²) >= 11 is 0. The maximum Gasteiger partial charge on any atom is 0.328 e. The highest BCUT2D eigenvalue weighted by atomic mass is 16.4. The Morgan fingerprint density at radius 2 is 1.86 bits per heavy atom. The van der Waals surface area contributed by atoms with Crippen LogP contribution >= 0.6 is 0 Å². The van der Waals surface area contributed by atoms with Gasteiger partial charge < -0.3 is 5.11 Å². The van der Waals surface area contributed by atoms with Crippen molar-refractivity contribution in [1.29, 1.82) is 5.26 Å². The second kappa shape index (κ2) is 7.55. The molecule has 0 unspecified atom stereocenters. The number of benzene rings is 1. The highest BCUT2D eigenvalue weighted by Gasteiger charge is 1.99. The van der Waals surface area contributed by atoms with E-state index in [-0.39, 0.29) is 0 Å². The number of aliphatic carboxylic acids is 1. The van der Waals surface area contributed by atoms with Crippen molar-refractivity contribution in [3.63, 3.8) is 0 Å². The molecule has 1 aromatic carbocycles. The number of carboxylic acid groups (broad SMARTS) is 1. The molecule has 0 saturated heterocycles. The molecule has 1 N–H and O–H groups in total. The number of nitrogens with zero attached hydrogens (tertiary/aromatic N) is 2. The summed E-state index contributed by atoms with van der Waals surface area (Å²) in [6, 6.07) is 13.6. The van der Waals surface area contributed by atoms with Crippen LogP contribution in [0.25, 0.3) is 11.1 Å². The summed E-state index contributed by atoms with van der Waals surface area (Å²) in [5.74, 6) is -0.954. The van der Waals surface area contributed by atoms with Crippen LogP contribution < -0.4 is 0 Å². The van der Waals surface area contributed by atoms with Gasteiger partial charge in [0, 0.05) is 17.8 Å². The molecule has 0 radical (unpaired) electrons. The zero-order valence-corrected chi connectivity index (χ0v) is 11.8. The number of hydrogen-bond acceptors (Lipinski definition) is 3. The van der Waals surface area contributed by atoms with Crippen LogP contribution in [-0.4, -0.2) is 16.1 Å². The number of nitriles is 1. The molecular formula is C18H14N2O2. The van der Waals surface area contributed by atoms with Crippen molar-refractivity contribution in [2.45, 2.75) is 6.42 Å². The normalized spacial score (nSPS) is 10.9. The van der Waals surface area contributed by atoms with E-state index >= 15 is 0 Å². The van der Waals surface area contributed by atoms with Gasteiger partial charge >= 0.3 is 5.97 Å². The van der Waals surface area contributed by atoms with Gasteiger partial charge in [-0.3, -0.25) is 0 Å². The van der Waals surface area contributed by atoms with Gasteiger partial charge in [0.05, 0.1) is 0 Å². The minimum absolute atomic E-state index is 0.403. The van der Waals surface area contributed by atoms with E-state index in [1.165, 1.54) is 6.08 Å². The van der Waals surface area contributed by atoms with Crippen LogP contribution in [0.4, 0.5) is 0 Å². The van der Waals surface area contributed by atoms with Gasteiger partial charge in [0.2, 0.25) is 0 Å². The third-order valence-electron chi connectivity index (χ3n) is 3.00. The van der Waals surface area contributed by atoms with Gasteiger partial charge in [0.15, 0.2) is 0 Å². The van der Waals surface area contributed by atoms with Crippen molar-refractivity contribution in [2.75, 3.05) is 0 Å². The Morgan fingerprint density at radius 1 is 1.14 bits per heavy atom. The van der Waals surface area contributed by atoms with Crippen LogP contribution in [-0.2, 0) is 11.2 Å². The van der Waals surface area contributed by atoms with Crippen LogP contribution in [0.1, 0.15) is 11.3 Å². The summed E-state index contributed by atoms with van der Waals surface area (Å²) in [5, 5.41) is 17.2. The molecule has 4 heteroatoms. The molecule has 0 atom stereocenters. The van der Waals surface area contributed by atoms with Gasteiger partial charge in [-0.2, -0.15) is 5.26 Å². The summed E-state index contributed by atoms with van der Waals surface area (Å²) in [6.07, 6.45) is 8.63. The highest BCUT2D eigenvalue weighted by molar-refractivity contribution is 5.80. The summed E-state index contributed by atoms with van der Waals surface area (Å²) < 4.78 is 0. The van der Waals surface area contributed by atoms with Crippen LogP contribution in [0, 0.1) is 11.3 Å². The summed E-state index contributed by atoms with van der Waals surface area (Å²) in [7, 11) is 0. The Morgan fingerprint density at radius 3 is 2.45 bits per heavy atom. The van der Waals surface area contributed by atoms with E-state index in [1.54, 1.807) is 18.3 Å². The van der Waals surface area contributed by atoms with Crippen molar-refractivity contribution < 1.29 is 9.90 Å². The number of pyridine rings is 1. The van der Waals surface area contributed by atoms with Gasteiger partial charge in [-0.05, 0) is 29.7 Å². The molecule has 4 nitrogen and oxygen atoms in total. The molecule has 1 heterocycles. The first kappa shape index (κ1) is 15.2. The summed E-state index contributed by atoms with van der Waals surface area (Å²) in [5.41, 5.74) is 3.53. The molecule has 0 fully saturated rings. The average molecular weight is 290 g/mol. The predicted octanol–water partition coefficient (Wildman–Crippen LogP) is 3.36. The third-order valence-corrected chi connectivity index (χ3v) is 3.00. The summed E-state index contributed by atoms with van der Waals surface area (Å²) in [4.78, 5) is 14.4. The zero-order chi connectivity index (χ0) is 15.8. The van der Waals surface area contributed by atoms with E-state index in [2.05, 4.69) is 4.98 Å². The number of hydrogen-bond donors (Lipinski definition) is 1. The maximum atomic E-state index is 10.3. The quantitative estimate of drug-likeness (QED) is 0.677. The molecule has 0 aliphatic heterocycles. The van der Waals surface area contributed by atoms with Gasteiger partial charge in [-0.25, -0.2) is 9.78 Å².